The molecule has 88 valence electrons. The Hall–Kier alpha value is -0.910. The fourth-order valence-corrected chi connectivity index (χ4v) is 0.724. The zero-order chi connectivity index (χ0) is 11.4. The van der Waals surface area contributed by atoms with Crippen LogP contribution in [-0.4, -0.2) is 52.7 Å². The van der Waals surface area contributed by atoms with Gasteiger partial charge in [-0.15, -0.1) is 0 Å². The maximum atomic E-state index is 10.6. The Balaban J connectivity index is 2.98. The number of carbonyl (C=O) groups excluding carboxylic acids is 1. The zero-order valence-electron chi connectivity index (χ0n) is 9.07. The number of hydrogen-bond acceptors (Lipinski definition) is 5. The van der Waals surface area contributed by atoms with Crippen LogP contribution in [0.1, 0.15) is 0 Å². The Morgan fingerprint density at radius 2 is 1.60 bits per heavy atom. The third kappa shape index (κ3) is 11.0. The minimum Gasteiger partial charge on any atom is -0.460 e. The predicted molar refractivity (Wildman–Crippen MR) is 54.7 cm³/mol. The number of esters is 1. The molecule has 0 saturated heterocycles. The van der Waals surface area contributed by atoms with Crippen molar-refractivity contribution >= 4 is 5.97 Å². The lowest BCUT2D eigenvalue weighted by atomic mass is 10.6. The monoisotopic (exact) mass is 218 g/mol. The molecule has 0 aliphatic rings. The van der Waals surface area contributed by atoms with E-state index in [1.54, 1.807) is 7.11 Å². The first-order valence-electron chi connectivity index (χ1n) is 4.75. The van der Waals surface area contributed by atoms with E-state index in [2.05, 4.69) is 6.58 Å². The van der Waals surface area contributed by atoms with E-state index in [1.807, 2.05) is 0 Å². The van der Waals surface area contributed by atoms with Crippen LogP contribution in [-0.2, 0) is 23.7 Å². The molecule has 0 atom stereocenters. The van der Waals surface area contributed by atoms with Gasteiger partial charge < -0.3 is 18.9 Å². The van der Waals surface area contributed by atoms with Gasteiger partial charge in [-0.25, -0.2) is 4.79 Å². The maximum absolute atomic E-state index is 10.6. The Labute approximate surface area is 89.9 Å². The average molecular weight is 218 g/mol. The number of ether oxygens (including phenoxy) is 4. The van der Waals surface area contributed by atoms with E-state index in [1.165, 1.54) is 0 Å². The Bertz CT molecular complexity index is 169. The second-order valence-corrected chi connectivity index (χ2v) is 2.59. The molecule has 0 fully saturated rings. The van der Waals surface area contributed by atoms with Gasteiger partial charge in [0.1, 0.15) is 6.61 Å². The van der Waals surface area contributed by atoms with Crippen LogP contribution in [0.5, 0.6) is 0 Å². The van der Waals surface area contributed by atoms with E-state index in [-0.39, 0.29) is 6.61 Å². The molecular weight excluding hydrogens is 200 g/mol. The van der Waals surface area contributed by atoms with Gasteiger partial charge >= 0.3 is 5.97 Å². The van der Waals surface area contributed by atoms with Crippen LogP contribution >= 0.6 is 0 Å². The highest BCUT2D eigenvalue weighted by Gasteiger charge is 1.94. The summed E-state index contributed by atoms with van der Waals surface area (Å²) >= 11 is 0. The Morgan fingerprint density at radius 3 is 2.13 bits per heavy atom. The minimum absolute atomic E-state index is 0.239. The van der Waals surface area contributed by atoms with Crippen LogP contribution in [0.25, 0.3) is 0 Å². The largest absolute Gasteiger partial charge is 0.460 e. The molecule has 0 saturated carbocycles. The Kier molecular flexibility index (Phi) is 10.5. The van der Waals surface area contributed by atoms with E-state index < -0.39 is 5.97 Å². The second kappa shape index (κ2) is 11.2. The molecule has 0 amide bonds. The predicted octanol–water partition coefficient (Wildman–Crippen LogP) is 0.395. The van der Waals surface area contributed by atoms with Crippen LogP contribution in [0.4, 0.5) is 0 Å². The zero-order valence-corrected chi connectivity index (χ0v) is 9.07. The highest BCUT2D eigenvalue weighted by molar-refractivity contribution is 5.81. The molecular formula is C10H18O5. The summed E-state index contributed by atoms with van der Waals surface area (Å²) < 4.78 is 19.8. The molecule has 0 aromatic heterocycles. The third-order valence-electron chi connectivity index (χ3n) is 1.44. The van der Waals surface area contributed by atoms with Crippen molar-refractivity contribution in [1.82, 2.24) is 0 Å². The molecule has 0 bridgehead atoms. The van der Waals surface area contributed by atoms with Crippen molar-refractivity contribution in [3.63, 3.8) is 0 Å². The van der Waals surface area contributed by atoms with E-state index in [9.17, 15) is 4.79 Å². The minimum atomic E-state index is -0.435. The van der Waals surface area contributed by atoms with Crippen LogP contribution in [0.15, 0.2) is 12.7 Å². The quantitative estimate of drug-likeness (QED) is 0.302. The molecule has 0 heterocycles. The SMILES string of the molecule is C=CC(=O)OCCOCCOCCOC. The van der Waals surface area contributed by atoms with Gasteiger partial charge in [-0.3, -0.25) is 0 Å². The van der Waals surface area contributed by atoms with E-state index in [0.29, 0.717) is 33.0 Å². The second-order valence-electron chi connectivity index (χ2n) is 2.59. The van der Waals surface area contributed by atoms with Crippen molar-refractivity contribution in [3.05, 3.63) is 12.7 Å². The molecule has 5 heteroatoms. The standard InChI is InChI=1S/C10H18O5/c1-3-10(11)15-9-8-14-7-6-13-5-4-12-2/h3H,1,4-9H2,2H3. The van der Waals surface area contributed by atoms with Gasteiger partial charge in [0.25, 0.3) is 0 Å². The number of hydrogen-bond donors (Lipinski definition) is 0. The molecule has 0 rings (SSSR count). The molecule has 0 aliphatic heterocycles. The van der Waals surface area contributed by atoms with Gasteiger partial charge in [-0.2, -0.15) is 0 Å². The summed E-state index contributed by atoms with van der Waals surface area (Å²) in [5.74, 6) is -0.435. The van der Waals surface area contributed by atoms with E-state index in [4.69, 9.17) is 18.9 Å². The van der Waals surface area contributed by atoms with Crippen molar-refractivity contribution in [2.75, 3.05) is 46.8 Å². The first-order chi connectivity index (χ1) is 7.31. The lowest BCUT2D eigenvalue weighted by molar-refractivity contribution is -0.139. The van der Waals surface area contributed by atoms with Gasteiger partial charge in [-0.1, -0.05) is 6.58 Å². The summed E-state index contributed by atoms with van der Waals surface area (Å²) in [5, 5.41) is 0. The maximum Gasteiger partial charge on any atom is 0.330 e. The number of rotatable bonds is 10. The van der Waals surface area contributed by atoms with E-state index >= 15 is 0 Å². The lowest BCUT2D eigenvalue weighted by Gasteiger charge is -2.05. The molecule has 15 heavy (non-hydrogen) atoms. The van der Waals surface area contributed by atoms with Gasteiger partial charge in [0.15, 0.2) is 0 Å². The molecule has 0 aromatic rings. The highest BCUT2D eigenvalue weighted by Crippen LogP contribution is 1.83. The molecule has 0 aromatic carbocycles. The third-order valence-corrected chi connectivity index (χ3v) is 1.44. The van der Waals surface area contributed by atoms with Gasteiger partial charge in [0.05, 0.1) is 33.0 Å². The first kappa shape index (κ1) is 14.1. The van der Waals surface area contributed by atoms with Gasteiger partial charge in [0.2, 0.25) is 0 Å². The van der Waals surface area contributed by atoms with Crippen molar-refractivity contribution in [3.8, 4) is 0 Å². The van der Waals surface area contributed by atoms with Crippen LogP contribution in [0, 0.1) is 0 Å². The van der Waals surface area contributed by atoms with Crippen molar-refractivity contribution in [2.45, 2.75) is 0 Å². The van der Waals surface area contributed by atoms with Gasteiger partial charge in [0, 0.05) is 13.2 Å². The molecule has 5 nitrogen and oxygen atoms in total. The summed E-state index contributed by atoms with van der Waals surface area (Å²) in [5.41, 5.74) is 0. The van der Waals surface area contributed by atoms with Gasteiger partial charge in [-0.05, 0) is 0 Å². The fourth-order valence-electron chi connectivity index (χ4n) is 0.724. The molecule has 0 spiro atoms. The summed E-state index contributed by atoms with van der Waals surface area (Å²) in [6.07, 6.45) is 1.12. The smallest absolute Gasteiger partial charge is 0.330 e. The van der Waals surface area contributed by atoms with E-state index in [0.717, 1.165) is 6.08 Å². The van der Waals surface area contributed by atoms with Crippen molar-refractivity contribution in [1.29, 1.82) is 0 Å². The topological polar surface area (TPSA) is 54.0 Å². The van der Waals surface area contributed by atoms with Crippen molar-refractivity contribution < 1.29 is 23.7 Å². The van der Waals surface area contributed by atoms with Crippen LogP contribution in [0.3, 0.4) is 0 Å². The highest BCUT2D eigenvalue weighted by atomic mass is 16.6. The molecule has 0 radical (unpaired) electrons. The van der Waals surface area contributed by atoms with Crippen molar-refractivity contribution in [2.24, 2.45) is 0 Å². The fraction of sp³-hybridized carbons (Fsp3) is 0.700. The lowest BCUT2D eigenvalue weighted by Crippen LogP contribution is -2.12. The number of methoxy groups -OCH3 is 1. The first-order valence-corrected chi connectivity index (χ1v) is 4.75. The van der Waals surface area contributed by atoms with Crippen LogP contribution in [0.2, 0.25) is 0 Å². The number of carbonyl (C=O) groups is 1. The summed E-state index contributed by atoms with van der Waals surface area (Å²) in [7, 11) is 1.62. The average Bonchev–Trinajstić information content (AvgIpc) is 2.26. The molecule has 0 aliphatic carbocycles. The molecule has 0 N–H and O–H groups in total. The summed E-state index contributed by atoms with van der Waals surface area (Å²) in [6.45, 7) is 6.01. The summed E-state index contributed by atoms with van der Waals surface area (Å²) in [4.78, 5) is 10.6. The Morgan fingerprint density at radius 1 is 1.07 bits per heavy atom. The normalized spacial score (nSPS) is 9.93. The summed E-state index contributed by atoms with van der Waals surface area (Å²) in [6, 6.07) is 0. The van der Waals surface area contributed by atoms with Crippen LogP contribution < -0.4 is 0 Å². The molecule has 0 unspecified atom stereocenters.